The van der Waals surface area contributed by atoms with Gasteiger partial charge in [0.15, 0.2) is 9.84 Å². The molecule has 1 fully saturated rings. The Kier molecular flexibility index (Phi) is 4.55. The van der Waals surface area contributed by atoms with Gasteiger partial charge in [0.2, 0.25) is 5.91 Å². The summed E-state index contributed by atoms with van der Waals surface area (Å²) in [5, 5.41) is 3.92. The highest BCUT2D eigenvalue weighted by atomic mass is 32.2. The van der Waals surface area contributed by atoms with E-state index in [9.17, 15) is 13.2 Å². The highest BCUT2D eigenvalue weighted by molar-refractivity contribution is 7.91. The molecule has 0 unspecified atom stereocenters. The molecule has 1 aromatic heterocycles. The topological polar surface area (TPSA) is 63.2 Å². The van der Waals surface area contributed by atoms with Crippen molar-refractivity contribution in [2.75, 3.05) is 6.54 Å². The monoisotopic (exact) mass is 349 g/mol. The molecular weight excluding hydrogens is 330 g/mol. The van der Waals surface area contributed by atoms with E-state index in [1.54, 1.807) is 24.3 Å². The highest BCUT2D eigenvalue weighted by Gasteiger charge is 2.33. The zero-order valence-electron chi connectivity index (χ0n) is 12.9. The number of thiophene rings is 1. The minimum absolute atomic E-state index is 0.0364. The molecule has 0 saturated heterocycles. The van der Waals surface area contributed by atoms with Crippen LogP contribution in [0.15, 0.2) is 46.7 Å². The van der Waals surface area contributed by atoms with Crippen molar-refractivity contribution in [2.45, 2.75) is 29.9 Å². The highest BCUT2D eigenvalue weighted by Crippen LogP contribution is 2.33. The van der Waals surface area contributed by atoms with Crippen LogP contribution in [0.5, 0.6) is 0 Å². The lowest BCUT2D eigenvalue weighted by Gasteiger charge is -2.17. The SMILES string of the molecule is Cc1ccc(S(=O)(=O)[C@@H](CNC(=O)C2CC2)c2cccs2)cc1. The normalized spacial score (nSPS) is 16.0. The summed E-state index contributed by atoms with van der Waals surface area (Å²) in [6, 6.07) is 10.5. The van der Waals surface area contributed by atoms with Gasteiger partial charge in [-0.3, -0.25) is 4.79 Å². The van der Waals surface area contributed by atoms with E-state index in [1.807, 2.05) is 24.4 Å². The first-order valence-electron chi connectivity index (χ1n) is 7.60. The fourth-order valence-corrected chi connectivity index (χ4v) is 5.20. The lowest BCUT2D eigenvalue weighted by Crippen LogP contribution is -2.32. The Labute approximate surface area is 140 Å². The maximum Gasteiger partial charge on any atom is 0.223 e. The molecule has 0 aliphatic heterocycles. The largest absolute Gasteiger partial charge is 0.354 e. The van der Waals surface area contributed by atoms with Crippen LogP contribution < -0.4 is 5.32 Å². The molecule has 1 amide bonds. The Hall–Kier alpha value is -1.66. The van der Waals surface area contributed by atoms with Crippen LogP contribution in [0.3, 0.4) is 0 Å². The quantitative estimate of drug-likeness (QED) is 0.871. The van der Waals surface area contributed by atoms with Gasteiger partial charge >= 0.3 is 0 Å². The van der Waals surface area contributed by atoms with Crippen LogP contribution in [-0.4, -0.2) is 20.9 Å². The number of sulfone groups is 1. The van der Waals surface area contributed by atoms with Crippen molar-refractivity contribution in [3.05, 3.63) is 52.2 Å². The molecule has 4 nitrogen and oxygen atoms in total. The summed E-state index contributed by atoms with van der Waals surface area (Å²) in [6.07, 6.45) is 1.81. The Morgan fingerprint density at radius 2 is 1.96 bits per heavy atom. The van der Waals surface area contributed by atoms with Gasteiger partial charge in [-0.05, 0) is 43.3 Å². The molecule has 1 aliphatic carbocycles. The number of carbonyl (C=O) groups excluding carboxylic acids is 1. The molecule has 1 saturated carbocycles. The number of rotatable bonds is 6. The van der Waals surface area contributed by atoms with Crippen molar-refractivity contribution in [2.24, 2.45) is 5.92 Å². The predicted octanol–water partition coefficient (Wildman–Crippen LogP) is 3.10. The molecule has 0 bridgehead atoms. The van der Waals surface area contributed by atoms with Crippen molar-refractivity contribution in [1.82, 2.24) is 5.32 Å². The van der Waals surface area contributed by atoms with E-state index in [4.69, 9.17) is 0 Å². The summed E-state index contributed by atoms with van der Waals surface area (Å²) in [7, 11) is -3.55. The van der Waals surface area contributed by atoms with E-state index in [0.717, 1.165) is 23.3 Å². The van der Waals surface area contributed by atoms with Gasteiger partial charge in [0.05, 0.1) is 4.90 Å². The van der Waals surface area contributed by atoms with Gasteiger partial charge in [-0.1, -0.05) is 23.8 Å². The number of hydrogen-bond acceptors (Lipinski definition) is 4. The molecule has 3 rings (SSSR count). The first-order valence-corrected chi connectivity index (χ1v) is 10.0. The molecule has 1 N–H and O–H groups in total. The summed E-state index contributed by atoms with van der Waals surface area (Å²) < 4.78 is 26.0. The third-order valence-corrected chi connectivity index (χ3v) is 7.23. The lowest BCUT2D eigenvalue weighted by molar-refractivity contribution is -0.122. The summed E-state index contributed by atoms with van der Waals surface area (Å²) in [6.45, 7) is 2.04. The van der Waals surface area contributed by atoms with E-state index >= 15 is 0 Å². The van der Waals surface area contributed by atoms with Gasteiger partial charge in [-0.25, -0.2) is 8.42 Å². The maximum atomic E-state index is 13.0. The van der Waals surface area contributed by atoms with E-state index in [2.05, 4.69) is 5.32 Å². The number of benzene rings is 1. The van der Waals surface area contributed by atoms with Crippen LogP contribution in [0, 0.1) is 12.8 Å². The van der Waals surface area contributed by atoms with Crippen LogP contribution >= 0.6 is 11.3 Å². The molecule has 122 valence electrons. The molecular formula is C17H19NO3S2. The van der Waals surface area contributed by atoms with Crippen molar-refractivity contribution in [3.8, 4) is 0 Å². The van der Waals surface area contributed by atoms with E-state index in [1.165, 1.54) is 11.3 Å². The maximum absolute atomic E-state index is 13.0. The van der Waals surface area contributed by atoms with Crippen molar-refractivity contribution in [1.29, 1.82) is 0 Å². The average molecular weight is 349 g/mol. The molecule has 0 spiro atoms. The summed E-state index contributed by atoms with van der Waals surface area (Å²) >= 11 is 1.40. The number of aryl methyl sites for hydroxylation is 1. The minimum Gasteiger partial charge on any atom is -0.354 e. The van der Waals surface area contributed by atoms with Gasteiger partial charge in [-0.15, -0.1) is 11.3 Å². The van der Waals surface area contributed by atoms with Gasteiger partial charge < -0.3 is 5.32 Å². The van der Waals surface area contributed by atoms with Crippen LogP contribution in [-0.2, 0) is 14.6 Å². The van der Waals surface area contributed by atoms with Gasteiger partial charge in [-0.2, -0.15) is 0 Å². The Bertz CT molecular complexity index is 776. The third kappa shape index (κ3) is 3.64. The standard InChI is InChI=1S/C17H19NO3S2/c1-12-4-8-14(9-5-12)23(20,21)16(15-3-2-10-22-15)11-18-17(19)13-6-7-13/h2-5,8-10,13,16H,6-7,11H2,1H3,(H,18,19)/t16-/m0/s1. The molecule has 23 heavy (non-hydrogen) atoms. The molecule has 1 aliphatic rings. The minimum atomic E-state index is -3.55. The van der Waals surface area contributed by atoms with Crippen molar-refractivity contribution < 1.29 is 13.2 Å². The fourth-order valence-electron chi connectivity index (χ4n) is 2.41. The lowest BCUT2D eigenvalue weighted by atomic mass is 10.2. The van der Waals surface area contributed by atoms with Gasteiger partial charge in [0, 0.05) is 17.3 Å². The molecule has 2 aromatic rings. The van der Waals surface area contributed by atoms with Crippen LogP contribution in [0.2, 0.25) is 0 Å². The molecule has 6 heteroatoms. The number of nitrogens with one attached hydrogen (secondary N) is 1. The van der Waals surface area contributed by atoms with Crippen molar-refractivity contribution >= 4 is 27.1 Å². The van der Waals surface area contributed by atoms with Crippen LogP contribution in [0.4, 0.5) is 0 Å². The second kappa shape index (κ2) is 6.45. The molecule has 1 atom stereocenters. The second-order valence-corrected chi connectivity index (χ2v) is 8.99. The average Bonchev–Trinajstić information content (AvgIpc) is 3.24. The first-order chi connectivity index (χ1) is 11.0. The van der Waals surface area contributed by atoms with E-state index in [0.29, 0.717) is 4.90 Å². The summed E-state index contributed by atoms with van der Waals surface area (Å²) in [5.74, 6) is 0.0340. The van der Waals surface area contributed by atoms with E-state index < -0.39 is 15.1 Å². The molecule has 1 aromatic carbocycles. The van der Waals surface area contributed by atoms with Crippen LogP contribution in [0.25, 0.3) is 0 Å². The van der Waals surface area contributed by atoms with Crippen molar-refractivity contribution in [3.63, 3.8) is 0 Å². The predicted molar refractivity (Wildman–Crippen MR) is 91.2 cm³/mol. The third-order valence-electron chi connectivity index (χ3n) is 3.99. The molecule has 0 radical (unpaired) electrons. The van der Waals surface area contributed by atoms with Crippen LogP contribution in [0.1, 0.15) is 28.5 Å². The Morgan fingerprint density at radius 1 is 1.26 bits per heavy atom. The fraction of sp³-hybridized carbons (Fsp3) is 0.353. The smallest absolute Gasteiger partial charge is 0.223 e. The zero-order valence-corrected chi connectivity index (χ0v) is 14.5. The number of hydrogen-bond donors (Lipinski definition) is 1. The van der Waals surface area contributed by atoms with E-state index in [-0.39, 0.29) is 18.4 Å². The second-order valence-electron chi connectivity index (χ2n) is 5.88. The molecule has 1 heterocycles. The van der Waals surface area contributed by atoms with Gasteiger partial charge in [0.25, 0.3) is 0 Å². The zero-order chi connectivity index (χ0) is 16.4. The Balaban J connectivity index is 1.87. The Morgan fingerprint density at radius 3 is 2.52 bits per heavy atom. The number of carbonyl (C=O) groups is 1. The summed E-state index contributed by atoms with van der Waals surface area (Å²) in [5.41, 5.74) is 1.01. The number of amides is 1. The first kappa shape index (κ1) is 16.2. The van der Waals surface area contributed by atoms with Gasteiger partial charge in [0.1, 0.15) is 5.25 Å². The summed E-state index contributed by atoms with van der Waals surface area (Å²) in [4.78, 5) is 12.9.